The zero-order valence-corrected chi connectivity index (χ0v) is 30.1. The van der Waals surface area contributed by atoms with Gasteiger partial charge in [-0.3, -0.25) is 14.1 Å². The van der Waals surface area contributed by atoms with Crippen molar-refractivity contribution in [2.75, 3.05) is 33.9 Å². The van der Waals surface area contributed by atoms with Crippen LogP contribution in [-0.2, 0) is 27.9 Å². The van der Waals surface area contributed by atoms with Crippen molar-refractivity contribution < 1.29 is 27.9 Å². The van der Waals surface area contributed by atoms with Crippen LogP contribution in [0, 0.1) is 5.92 Å². The number of ether oxygens (including phenoxy) is 1. The average molecular weight is 688 g/mol. The number of nitrogens with one attached hydrogen (secondary N) is 2. The van der Waals surface area contributed by atoms with Gasteiger partial charge in [0.1, 0.15) is 12.1 Å². The van der Waals surface area contributed by atoms with Gasteiger partial charge >= 0.3 is 7.75 Å². The van der Waals surface area contributed by atoms with E-state index in [9.17, 15) is 14.2 Å². The summed E-state index contributed by atoms with van der Waals surface area (Å²) in [6.07, 6.45) is 36.3. The van der Waals surface area contributed by atoms with E-state index in [1.54, 1.807) is 6.20 Å². The standard InChI is InChI=1S/C36H58N5O6P/c1-5-6-7-8-9-10-11-12-13-14-15-16-17-18-19-20-21-22-23-24-35(43)38-26-27-40-48(44,45-4)46-30-33-29-32(2)36(47-33)41(3)28-25-34(37)39-31-42/h6-7,9-10,12-13,15-16,18-19,21-22,25,28,31-33,36H,5,8,11,14,17,20,23-24,26-27,29-30H2,1-4H3,(H,38,43)(H,40,44)(H2,37,39,42)/b7-6-,10-9-,13-12-,16-15-,19-18-,22-21-,28-25-. The molecule has 0 bridgehead atoms. The van der Waals surface area contributed by atoms with Gasteiger partial charge in [-0.1, -0.05) is 86.8 Å². The maximum atomic E-state index is 13.0. The number of nitrogens with two attached hydrogens (primary N) is 1. The topological polar surface area (TPSA) is 145 Å². The van der Waals surface area contributed by atoms with Crippen LogP contribution in [0.2, 0.25) is 0 Å². The summed E-state index contributed by atoms with van der Waals surface area (Å²) < 4.78 is 29.7. The molecule has 0 aromatic rings. The predicted molar refractivity (Wildman–Crippen MR) is 196 cm³/mol. The highest BCUT2D eigenvalue weighted by Gasteiger charge is 2.36. The van der Waals surface area contributed by atoms with Crippen LogP contribution in [0.15, 0.2) is 90.2 Å². The molecule has 0 spiro atoms. The van der Waals surface area contributed by atoms with Crippen LogP contribution in [0.5, 0.6) is 0 Å². The maximum Gasteiger partial charge on any atom is 0.405 e. The number of amidine groups is 1. The van der Waals surface area contributed by atoms with Crippen LogP contribution in [0.3, 0.4) is 0 Å². The van der Waals surface area contributed by atoms with Gasteiger partial charge in [0.05, 0.1) is 12.7 Å². The predicted octanol–water partition coefficient (Wildman–Crippen LogP) is 6.65. The molecule has 268 valence electrons. The molecule has 1 saturated heterocycles. The summed E-state index contributed by atoms with van der Waals surface area (Å²) in [6, 6.07) is 0. The van der Waals surface area contributed by atoms with Gasteiger partial charge in [-0.25, -0.2) is 9.65 Å². The van der Waals surface area contributed by atoms with E-state index in [1.165, 1.54) is 13.2 Å². The third kappa shape index (κ3) is 21.5. The molecule has 12 heteroatoms. The van der Waals surface area contributed by atoms with Gasteiger partial charge in [-0.05, 0) is 57.4 Å². The van der Waals surface area contributed by atoms with Crippen molar-refractivity contribution in [1.82, 2.24) is 15.3 Å². The van der Waals surface area contributed by atoms with Crippen molar-refractivity contribution in [2.24, 2.45) is 16.6 Å². The Morgan fingerprint density at radius 1 is 0.958 bits per heavy atom. The first kappa shape index (κ1) is 42.7. The Bertz CT molecular complexity index is 1190. The fraction of sp³-hybridized carbons (Fsp3) is 0.528. The fourth-order valence-corrected chi connectivity index (χ4v) is 5.66. The van der Waals surface area contributed by atoms with Crippen LogP contribution in [-0.4, -0.2) is 69.2 Å². The molecule has 0 radical (unpaired) electrons. The highest BCUT2D eigenvalue weighted by molar-refractivity contribution is 7.51. The van der Waals surface area contributed by atoms with Gasteiger partial charge in [0.15, 0.2) is 0 Å². The average Bonchev–Trinajstić information content (AvgIpc) is 3.46. The van der Waals surface area contributed by atoms with Gasteiger partial charge in [-0.2, -0.15) is 4.99 Å². The lowest BCUT2D eigenvalue weighted by molar-refractivity contribution is -0.121. The maximum absolute atomic E-state index is 13.0. The number of allylic oxidation sites excluding steroid dienone is 12. The molecule has 4 unspecified atom stereocenters. The van der Waals surface area contributed by atoms with Crippen LogP contribution < -0.4 is 16.1 Å². The highest BCUT2D eigenvalue weighted by Crippen LogP contribution is 2.43. The number of nitrogens with zero attached hydrogens (tertiary/aromatic N) is 2. The van der Waals surface area contributed by atoms with Crippen LogP contribution in [0.4, 0.5) is 0 Å². The molecule has 1 aliphatic heterocycles. The van der Waals surface area contributed by atoms with E-state index >= 15 is 0 Å². The number of carbonyl (C=O) groups excluding carboxylic acids is 2. The smallest absolute Gasteiger partial charge is 0.384 e. The molecular weight excluding hydrogens is 629 g/mol. The van der Waals surface area contributed by atoms with Gasteiger partial charge in [0.2, 0.25) is 12.3 Å². The lowest BCUT2D eigenvalue weighted by Gasteiger charge is -2.26. The van der Waals surface area contributed by atoms with E-state index < -0.39 is 7.75 Å². The summed E-state index contributed by atoms with van der Waals surface area (Å²) in [5.41, 5.74) is 5.61. The molecule has 4 N–H and O–H groups in total. The van der Waals surface area contributed by atoms with Crippen LogP contribution in [0.25, 0.3) is 0 Å². The molecule has 48 heavy (non-hydrogen) atoms. The molecular formula is C36H58N5O6P. The van der Waals surface area contributed by atoms with E-state index in [0.717, 1.165) is 38.5 Å². The highest BCUT2D eigenvalue weighted by atomic mass is 31.2. The molecule has 1 fully saturated rings. The summed E-state index contributed by atoms with van der Waals surface area (Å²) >= 11 is 0. The van der Waals surface area contributed by atoms with E-state index in [0.29, 0.717) is 25.7 Å². The van der Waals surface area contributed by atoms with E-state index in [2.05, 4.69) is 89.2 Å². The Kier molecular flexibility index (Phi) is 24.5. The Morgan fingerprint density at radius 2 is 1.52 bits per heavy atom. The molecule has 1 rings (SSSR count). The molecule has 0 aromatic heterocycles. The molecule has 0 aliphatic carbocycles. The fourth-order valence-electron chi connectivity index (χ4n) is 4.59. The normalized spacial score (nSPS) is 20.5. The SMILES string of the molecule is CC/C=C\C/C=C\C/C=C\C/C=C\C/C=C\C/C=C\CCC(=O)NCCNP(=O)(OC)OCC1CC(C)C(N(C)/C=C\C(N)=NC=O)O1. The Morgan fingerprint density at radius 3 is 2.06 bits per heavy atom. The second-order valence-electron chi connectivity index (χ2n) is 11.2. The summed E-state index contributed by atoms with van der Waals surface area (Å²) in [7, 11) is -0.433. The quantitative estimate of drug-likeness (QED) is 0.0227. The van der Waals surface area contributed by atoms with E-state index in [4.69, 9.17) is 19.5 Å². The number of rotatable bonds is 26. The second-order valence-corrected chi connectivity index (χ2v) is 13.1. The summed E-state index contributed by atoms with van der Waals surface area (Å²) in [5, 5.41) is 5.59. The Hall–Kier alpha value is -3.34. The minimum absolute atomic E-state index is 0.0730. The van der Waals surface area contributed by atoms with Gasteiger partial charge in [-0.15, -0.1) is 0 Å². The molecule has 11 nitrogen and oxygen atoms in total. The van der Waals surface area contributed by atoms with E-state index in [1.807, 2.05) is 24.9 Å². The molecule has 0 saturated carbocycles. The summed E-state index contributed by atoms with van der Waals surface area (Å²) in [5.74, 6) is 0.173. The Labute approximate surface area is 288 Å². The minimum atomic E-state index is -3.57. The van der Waals surface area contributed by atoms with Crippen molar-refractivity contribution in [1.29, 1.82) is 0 Å². The van der Waals surface area contributed by atoms with Crippen molar-refractivity contribution in [3.05, 3.63) is 85.2 Å². The van der Waals surface area contributed by atoms with Crippen molar-refractivity contribution in [3.63, 3.8) is 0 Å². The lowest BCUT2D eigenvalue weighted by Crippen LogP contribution is -2.32. The van der Waals surface area contributed by atoms with Gasteiger partial charge in [0, 0.05) is 45.8 Å². The summed E-state index contributed by atoms with van der Waals surface area (Å²) in [6.45, 7) is 4.76. The first-order chi connectivity index (χ1) is 23.2. The lowest BCUT2D eigenvalue weighted by atomic mass is 10.1. The van der Waals surface area contributed by atoms with Crippen LogP contribution >= 0.6 is 7.75 Å². The monoisotopic (exact) mass is 687 g/mol. The number of amides is 2. The van der Waals surface area contributed by atoms with Crippen molar-refractivity contribution >= 4 is 25.9 Å². The first-order valence-electron chi connectivity index (χ1n) is 16.8. The van der Waals surface area contributed by atoms with E-state index in [-0.39, 0.29) is 49.7 Å². The Balaban J connectivity index is 2.17. The van der Waals surface area contributed by atoms with Crippen LogP contribution in [0.1, 0.15) is 71.6 Å². The molecule has 2 amide bonds. The number of hydrogen-bond acceptors (Lipinski definition) is 7. The number of aliphatic imine (C=N–C) groups is 1. The zero-order chi connectivity index (χ0) is 35.3. The largest absolute Gasteiger partial charge is 0.405 e. The summed E-state index contributed by atoms with van der Waals surface area (Å²) in [4.78, 5) is 27.9. The minimum Gasteiger partial charge on any atom is -0.384 e. The third-order valence-corrected chi connectivity index (χ3v) is 8.68. The van der Waals surface area contributed by atoms with Gasteiger partial charge < -0.3 is 25.2 Å². The molecule has 4 atom stereocenters. The zero-order valence-electron chi connectivity index (χ0n) is 29.2. The van der Waals surface area contributed by atoms with Crippen molar-refractivity contribution in [2.45, 2.75) is 84.0 Å². The van der Waals surface area contributed by atoms with Gasteiger partial charge in [0.25, 0.3) is 0 Å². The van der Waals surface area contributed by atoms with Crippen molar-refractivity contribution in [3.8, 4) is 0 Å². The third-order valence-electron chi connectivity index (χ3n) is 7.09. The number of hydrogen-bond donors (Lipinski definition) is 3. The second kappa shape index (κ2) is 27.6. The molecule has 1 heterocycles. The molecule has 0 aromatic carbocycles. The number of carbonyl (C=O) groups is 2. The molecule has 1 aliphatic rings. The first-order valence-corrected chi connectivity index (χ1v) is 18.3.